The zero-order chi connectivity index (χ0) is 14.7. The van der Waals surface area contributed by atoms with Gasteiger partial charge < -0.3 is 15.8 Å². The van der Waals surface area contributed by atoms with Crippen LogP contribution in [0.25, 0.3) is 0 Å². The van der Waals surface area contributed by atoms with E-state index in [1.165, 1.54) is 6.07 Å². The first-order chi connectivity index (χ1) is 9.49. The van der Waals surface area contributed by atoms with E-state index >= 15 is 0 Å². The molecule has 0 spiro atoms. The highest BCUT2D eigenvalue weighted by Crippen LogP contribution is 2.35. The lowest BCUT2D eigenvalue weighted by molar-refractivity contribution is 0.244. The highest BCUT2D eigenvalue weighted by molar-refractivity contribution is 9.10. The van der Waals surface area contributed by atoms with Crippen molar-refractivity contribution in [3.05, 3.63) is 46.7 Å². The number of nitrogen functional groups attached to an aromatic ring is 1. The fraction of sp³-hybridized carbons (Fsp3) is 0.200. The van der Waals surface area contributed by atoms with Gasteiger partial charge in [-0.05, 0) is 54.0 Å². The van der Waals surface area contributed by atoms with E-state index in [1.807, 2.05) is 19.9 Å². The van der Waals surface area contributed by atoms with Crippen molar-refractivity contribution in [2.24, 2.45) is 0 Å². The van der Waals surface area contributed by atoms with E-state index in [2.05, 4.69) is 21.2 Å². The Kier molecular flexibility index (Phi) is 4.49. The number of benzene rings is 2. The van der Waals surface area contributed by atoms with Gasteiger partial charge in [-0.15, -0.1) is 0 Å². The van der Waals surface area contributed by atoms with E-state index in [1.54, 1.807) is 24.3 Å². The molecule has 20 heavy (non-hydrogen) atoms. The third-order valence-corrected chi connectivity index (χ3v) is 3.31. The van der Waals surface area contributed by atoms with Gasteiger partial charge in [0.05, 0.1) is 23.2 Å². The molecule has 0 unspecified atom stereocenters. The van der Waals surface area contributed by atoms with Crippen molar-refractivity contribution in [2.45, 2.75) is 20.0 Å². The van der Waals surface area contributed by atoms with Crippen LogP contribution in [0.2, 0.25) is 0 Å². The van der Waals surface area contributed by atoms with Gasteiger partial charge in [0.15, 0.2) is 0 Å². The Labute approximate surface area is 126 Å². The molecule has 0 radical (unpaired) electrons. The first-order valence-corrected chi connectivity index (χ1v) is 7.04. The van der Waals surface area contributed by atoms with Gasteiger partial charge in [0, 0.05) is 4.47 Å². The van der Waals surface area contributed by atoms with Gasteiger partial charge in [-0.1, -0.05) is 12.1 Å². The minimum Gasteiger partial charge on any atom is -0.489 e. The predicted molar refractivity (Wildman–Crippen MR) is 84.0 cm³/mol. The van der Waals surface area contributed by atoms with Crippen LogP contribution in [0, 0.1) is 5.82 Å². The molecule has 0 fully saturated rings. The first kappa shape index (κ1) is 14.7. The van der Waals surface area contributed by atoms with Gasteiger partial charge in [0.2, 0.25) is 0 Å². The summed E-state index contributed by atoms with van der Waals surface area (Å²) in [6.45, 7) is 3.85. The quantitative estimate of drug-likeness (QED) is 0.794. The molecule has 2 aromatic carbocycles. The summed E-state index contributed by atoms with van der Waals surface area (Å²) in [5.74, 6) is 0.228. The minimum atomic E-state index is -0.353. The monoisotopic (exact) mass is 338 g/mol. The zero-order valence-electron chi connectivity index (χ0n) is 11.3. The molecule has 2 rings (SSSR count). The number of halogens is 2. The van der Waals surface area contributed by atoms with Crippen molar-refractivity contribution in [3.63, 3.8) is 0 Å². The standard InChI is InChI=1S/C15H16BrFN2O/c1-9(2)20-13-8-4-7-12(14(13)18)19-15-10(16)5-3-6-11(15)17/h3-9,19H,18H2,1-2H3. The smallest absolute Gasteiger partial charge is 0.147 e. The van der Waals surface area contributed by atoms with E-state index in [4.69, 9.17) is 10.5 Å². The summed E-state index contributed by atoms with van der Waals surface area (Å²) in [5.41, 5.74) is 7.46. The molecule has 0 amide bonds. The van der Waals surface area contributed by atoms with Gasteiger partial charge >= 0.3 is 0 Å². The summed E-state index contributed by atoms with van der Waals surface area (Å²) in [4.78, 5) is 0. The summed E-state index contributed by atoms with van der Waals surface area (Å²) < 4.78 is 20.1. The number of nitrogens with one attached hydrogen (secondary N) is 1. The zero-order valence-corrected chi connectivity index (χ0v) is 12.9. The maximum atomic E-state index is 13.8. The summed E-state index contributed by atoms with van der Waals surface area (Å²) in [6, 6.07) is 10.2. The van der Waals surface area contributed by atoms with Crippen LogP contribution in [0.5, 0.6) is 5.75 Å². The van der Waals surface area contributed by atoms with Crippen LogP contribution < -0.4 is 15.8 Å². The maximum Gasteiger partial charge on any atom is 0.147 e. The fourth-order valence-electron chi connectivity index (χ4n) is 1.76. The average Bonchev–Trinajstić information content (AvgIpc) is 2.37. The first-order valence-electron chi connectivity index (χ1n) is 6.25. The van der Waals surface area contributed by atoms with Crippen LogP contribution in [0.4, 0.5) is 21.5 Å². The van der Waals surface area contributed by atoms with Crippen molar-refractivity contribution < 1.29 is 9.13 Å². The molecule has 0 bridgehead atoms. The second-order valence-corrected chi connectivity index (χ2v) is 5.46. The van der Waals surface area contributed by atoms with Crippen molar-refractivity contribution in [2.75, 3.05) is 11.1 Å². The van der Waals surface area contributed by atoms with E-state index in [0.717, 1.165) is 0 Å². The van der Waals surface area contributed by atoms with Gasteiger partial charge in [0.25, 0.3) is 0 Å². The van der Waals surface area contributed by atoms with E-state index in [9.17, 15) is 4.39 Å². The van der Waals surface area contributed by atoms with E-state index in [-0.39, 0.29) is 11.9 Å². The normalized spacial score (nSPS) is 10.7. The molecule has 0 heterocycles. The molecule has 5 heteroatoms. The fourth-order valence-corrected chi connectivity index (χ4v) is 2.20. The summed E-state index contributed by atoms with van der Waals surface area (Å²) >= 11 is 3.31. The molecule has 3 N–H and O–H groups in total. The molecule has 0 atom stereocenters. The molecule has 3 nitrogen and oxygen atoms in total. The van der Waals surface area contributed by atoms with Crippen LogP contribution in [-0.4, -0.2) is 6.10 Å². The Bertz CT molecular complexity index is 597. The van der Waals surface area contributed by atoms with Gasteiger partial charge in [-0.25, -0.2) is 4.39 Å². The van der Waals surface area contributed by atoms with Crippen molar-refractivity contribution >= 4 is 33.0 Å². The minimum absolute atomic E-state index is 0.0211. The lowest BCUT2D eigenvalue weighted by atomic mass is 10.2. The molecule has 0 aliphatic heterocycles. The molecule has 0 aliphatic rings. The van der Waals surface area contributed by atoms with Crippen LogP contribution in [0.1, 0.15) is 13.8 Å². The lowest BCUT2D eigenvalue weighted by Gasteiger charge is -2.16. The summed E-state index contributed by atoms with van der Waals surface area (Å²) in [6.07, 6.45) is 0.0211. The second kappa shape index (κ2) is 6.13. The topological polar surface area (TPSA) is 47.3 Å². The molecular weight excluding hydrogens is 323 g/mol. The third-order valence-electron chi connectivity index (χ3n) is 2.65. The largest absolute Gasteiger partial charge is 0.489 e. The average molecular weight is 339 g/mol. The SMILES string of the molecule is CC(C)Oc1cccc(Nc2c(F)cccc2Br)c1N. The Morgan fingerprint density at radius 1 is 1.20 bits per heavy atom. The van der Waals surface area contributed by atoms with Crippen molar-refractivity contribution in [3.8, 4) is 5.75 Å². The van der Waals surface area contributed by atoms with E-state index in [0.29, 0.717) is 27.3 Å². The van der Waals surface area contributed by atoms with Gasteiger partial charge in [-0.2, -0.15) is 0 Å². The number of hydrogen-bond donors (Lipinski definition) is 2. The number of ether oxygens (including phenoxy) is 1. The number of anilines is 3. The maximum absolute atomic E-state index is 13.8. The molecule has 0 aliphatic carbocycles. The van der Waals surface area contributed by atoms with Crippen molar-refractivity contribution in [1.29, 1.82) is 0 Å². The van der Waals surface area contributed by atoms with Crippen molar-refractivity contribution in [1.82, 2.24) is 0 Å². The highest BCUT2D eigenvalue weighted by atomic mass is 79.9. The van der Waals surface area contributed by atoms with Crippen LogP contribution >= 0.6 is 15.9 Å². The Balaban J connectivity index is 2.35. The second-order valence-electron chi connectivity index (χ2n) is 4.61. The van der Waals surface area contributed by atoms with E-state index < -0.39 is 0 Å². The van der Waals surface area contributed by atoms with Gasteiger partial charge in [-0.3, -0.25) is 0 Å². The molecular formula is C15H16BrFN2O. The van der Waals surface area contributed by atoms with Crippen LogP contribution in [-0.2, 0) is 0 Å². The van der Waals surface area contributed by atoms with Crippen LogP contribution in [0.15, 0.2) is 40.9 Å². The van der Waals surface area contributed by atoms with Gasteiger partial charge in [0.1, 0.15) is 11.6 Å². The molecule has 0 aromatic heterocycles. The molecule has 2 aromatic rings. The Morgan fingerprint density at radius 3 is 2.55 bits per heavy atom. The molecule has 0 saturated carbocycles. The third kappa shape index (κ3) is 3.22. The Morgan fingerprint density at radius 2 is 1.90 bits per heavy atom. The predicted octanol–water partition coefficient (Wildman–Crippen LogP) is 4.70. The van der Waals surface area contributed by atoms with Crippen LogP contribution in [0.3, 0.4) is 0 Å². The highest BCUT2D eigenvalue weighted by Gasteiger charge is 2.11. The summed E-state index contributed by atoms with van der Waals surface area (Å²) in [7, 11) is 0. The number of hydrogen-bond acceptors (Lipinski definition) is 3. The summed E-state index contributed by atoms with van der Waals surface area (Å²) in [5, 5.41) is 3.00. The number of rotatable bonds is 4. The lowest BCUT2D eigenvalue weighted by Crippen LogP contribution is -2.08. The Hall–Kier alpha value is -1.75. The molecule has 0 saturated heterocycles. The molecule has 106 valence electrons. The number of para-hydroxylation sites is 2. The number of nitrogens with two attached hydrogens (primary N) is 1.